The molecule has 1 aliphatic rings. The molecule has 0 saturated heterocycles. The van der Waals surface area contributed by atoms with E-state index in [2.05, 4.69) is 15.6 Å². The largest absolute Gasteiger partial charge is 0.323 e. The van der Waals surface area contributed by atoms with E-state index in [1.54, 1.807) is 24.3 Å². The third-order valence-electron chi connectivity index (χ3n) is 6.10. The summed E-state index contributed by atoms with van der Waals surface area (Å²) in [4.78, 5) is 42.3. The number of nitrogens with zero attached hydrogens (tertiary/aromatic N) is 2. The lowest BCUT2D eigenvalue weighted by Gasteiger charge is -2.10. The molecule has 9 heteroatoms. The first-order valence-corrected chi connectivity index (χ1v) is 11.6. The van der Waals surface area contributed by atoms with Crippen LogP contribution in [0, 0.1) is 17.7 Å². The maximum Gasteiger partial charge on any atom is 0.255 e. The average molecular weight is 503 g/mol. The van der Waals surface area contributed by atoms with E-state index in [-0.39, 0.29) is 23.1 Å². The van der Waals surface area contributed by atoms with Gasteiger partial charge in [-0.05, 0) is 35.9 Å². The third-order valence-corrected chi connectivity index (χ3v) is 6.32. The van der Waals surface area contributed by atoms with E-state index in [1.807, 2.05) is 30.3 Å². The summed E-state index contributed by atoms with van der Waals surface area (Å²) < 4.78 is 16.2. The summed E-state index contributed by atoms with van der Waals surface area (Å²) in [5.41, 5.74) is 0.824. The molecular weight excluding hydrogens is 483 g/mol. The Morgan fingerprint density at radius 3 is 2.28 bits per heavy atom. The smallest absolute Gasteiger partial charge is 0.255 e. The Kier molecular flexibility index (Phi) is 6.35. The van der Waals surface area contributed by atoms with E-state index in [0.717, 1.165) is 5.56 Å². The summed E-state index contributed by atoms with van der Waals surface area (Å²) in [6, 6.07) is 21.1. The second-order valence-electron chi connectivity index (χ2n) is 8.40. The van der Waals surface area contributed by atoms with Crippen molar-refractivity contribution in [1.29, 1.82) is 0 Å². The Morgan fingerprint density at radius 2 is 1.61 bits per heavy atom. The Balaban J connectivity index is 1.36. The number of amides is 2. The predicted octanol–water partition coefficient (Wildman–Crippen LogP) is 4.63. The molecule has 36 heavy (non-hydrogen) atoms. The molecule has 180 valence electrons. The van der Waals surface area contributed by atoms with Gasteiger partial charge in [0.15, 0.2) is 0 Å². The van der Waals surface area contributed by atoms with Crippen LogP contribution in [0.25, 0.3) is 5.69 Å². The maximum absolute atomic E-state index is 14.9. The molecule has 2 aromatic heterocycles. The van der Waals surface area contributed by atoms with Crippen molar-refractivity contribution in [3.8, 4) is 5.69 Å². The van der Waals surface area contributed by atoms with Crippen LogP contribution in [0.2, 0.25) is 5.02 Å². The lowest BCUT2D eigenvalue weighted by Crippen LogP contribution is -2.21. The number of carbonyl (C=O) groups excluding carboxylic acids is 2. The van der Waals surface area contributed by atoms with E-state index in [1.165, 1.54) is 41.2 Å². The normalized spacial score (nSPS) is 18.3. The Labute approximate surface area is 210 Å². The molecule has 0 unspecified atom stereocenters. The Morgan fingerprint density at radius 1 is 0.889 bits per heavy atom. The molecular formula is C27H20ClFN4O3. The SMILES string of the molecule is O=C(Nc1ccc(Cl)cn1)[C@@H]1[C@H](C(=O)Nc2ccc(-n3ccccc3=O)cc2F)[C@H]1c1ccccc1. The molecule has 1 saturated carbocycles. The number of rotatable bonds is 6. The van der Waals surface area contributed by atoms with Crippen LogP contribution >= 0.6 is 11.6 Å². The fourth-order valence-electron chi connectivity index (χ4n) is 4.32. The number of halogens is 2. The zero-order valence-corrected chi connectivity index (χ0v) is 19.5. The molecule has 3 atom stereocenters. The maximum atomic E-state index is 14.9. The summed E-state index contributed by atoms with van der Waals surface area (Å²) in [5.74, 6) is -2.94. The summed E-state index contributed by atoms with van der Waals surface area (Å²) in [6.45, 7) is 0. The number of aromatic nitrogens is 2. The predicted molar refractivity (Wildman–Crippen MR) is 135 cm³/mol. The van der Waals surface area contributed by atoms with Crippen molar-refractivity contribution in [2.45, 2.75) is 5.92 Å². The van der Waals surface area contributed by atoms with Crippen LogP contribution in [0.5, 0.6) is 0 Å². The summed E-state index contributed by atoms with van der Waals surface area (Å²) >= 11 is 5.86. The second kappa shape index (κ2) is 9.75. The number of hydrogen-bond acceptors (Lipinski definition) is 4. The highest BCUT2D eigenvalue weighted by Crippen LogP contribution is 2.55. The molecule has 7 nitrogen and oxygen atoms in total. The van der Waals surface area contributed by atoms with Crippen molar-refractivity contribution in [3.63, 3.8) is 0 Å². The van der Waals surface area contributed by atoms with Crippen LogP contribution in [0.15, 0.2) is 96.1 Å². The van der Waals surface area contributed by atoms with Gasteiger partial charge >= 0.3 is 0 Å². The van der Waals surface area contributed by atoms with E-state index >= 15 is 0 Å². The van der Waals surface area contributed by atoms with Crippen molar-refractivity contribution in [3.05, 3.63) is 118 Å². The van der Waals surface area contributed by atoms with Gasteiger partial charge in [0, 0.05) is 30.4 Å². The minimum absolute atomic E-state index is 0.0371. The van der Waals surface area contributed by atoms with Crippen LogP contribution in [0.4, 0.5) is 15.9 Å². The molecule has 0 radical (unpaired) electrons. The fourth-order valence-corrected chi connectivity index (χ4v) is 4.44. The van der Waals surface area contributed by atoms with Crippen LogP contribution in [-0.2, 0) is 9.59 Å². The topological polar surface area (TPSA) is 93.1 Å². The van der Waals surface area contributed by atoms with Crippen LogP contribution < -0.4 is 16.2 Å². The number of nitrogens with one attached hydrogen (secondary N) is 2. The molecule has 0 spiro atoms. The molecule has 2 amide bonds. The third kappa shape index (κ3) is 4.76. The highest BCUT2D eigenvalue weighted by Gasteiger charge is 2.59. The molecule has 2 heterocycles. The standard InChI is InChI=1S/C27H20ClFN4O3/c28-17-9-12-21(30-15-17)32-27(36)25-23(16-6-2-1-3-7-16)24(25)26(35)31-20-11-10-18(14-19(20)29)33-13-5-4-8-22(33)34/h1-15,23-25H,(H,31,35)(H,30,32,36)/t23-,24-,25+/m1/s1. The summed E-state index contributed by atoms with van der Waals surface area (Å²) in [7, 11) is 0. The number of anilines is 2. The highest BCUT2D eigenvalue weighted by molar-refractivity contribution is 6.30. The lowest BCUT2D eigenvalue weighted by atomic mass is 10.1. The van der Waals surface area contributed by atoms with Crippen LogP contribution in [0.1, 0.15) is 11.5 Å². The summed E-state index contributed by atoms with van der Waals surface area (Å²) in [5, 5.41) is 5.77. The number of hydrogen-bond donors (Lipinski definition) is 2. The molecule has 5 rings (SSSR count). The molecule has 4 aromatic rings. The Hall–Kier alpha value is -4.30. The first kappa shape index (κ1) is 23.4. The van der Waals surface area contributed by atoms with Crippen molar-refractivity contribution < 1.29 is 14.0 Å². The highest BCUT2D eigenvalue weighted by atomic mass is 35.5. The van der Waals surface area contributed by atoms with Crippen molar-refractivity contribution in [2.24, 2.45) is 11.8 Å². The van der Waals surface area contributed by atoms with Crippen LogP contribution in [-0.4, -0.2) is 21.4 Å². The number of pyridine rings is 2. The Bertz CT molecular complexity index is 1490. The van der Waals surface area contributed by atoms with Gasteiger partial charge < -0.3 is 10.6 Å². The first-order valence-electron chi connectivity index (χ1n) is 11.2. The van der Waals surface area contributed by atoms with Gasteiger partial charge in [0.25, 0.3) is 5.56 Å². The molecule has 1 fully saturated rings. The minimum Gasteiger partial charge on any atom is -0.323 e. The van der Waals surface area contributed by atoms with E-state index < -0.39 is 23.6 Å². The van der Waals surface area contributed by atoms with Crippen LogP contribution in [0.3, 0.4) is 0 Å². The van der Waals surface area contributed by atoms with Crippen molar-refractivity contribution >= 4 is 34.9 Å². The molecule has 0 aliphatic heterocycles. The lowest BCUT2D eigenvalue weighted by molar-refractivity contribution is -0.122. The van der Waals surface area contributed by atoms with Gasteiger partial charge in [-0.1, -0.05) is 48.0 Å². The van der Waals surface area contributed by atoms with Gasteiger partial charge in [-0.25, -0.2) is 9.37 Å². The van der Waals surface area contributed by atoms with Gasteiger partial charge in [-0.2, -0.15) is 0 Å². The fraction of sp³-hybridized carbons (Fsp3) is 0.111. The zero-order chi connectivity index (χ0) is 25.2. The minimum atomic E-state index is -0.699. The number of benzene rings is 2. The first-order chi connectivity index (χ1) is 17.4. The second-order valence-corrected chi connectivity index (χ2v) is 8.84. The van der Waals surface area contributed by atoms with E-state index in [4.69, 9.17) is 11.6 Å². The van der Waals surface area contributed by atoms with Gasteiger partial charge in [-0.3, -0.25) is 19.0 Å². The quantitative estimate of drug-likeness (QED) is 0.402. The summed E-state index contributed by atoms with van der Waals surface area (Å²) in [6.07, 6.45) is 2.95. The molecule has 0 bridgehead atoms. The number of carbonyl (C=O) groups is 2. The molecule has 2 aromatic carbocycles. The molecule has 2 N–H and O–H groups in total. The van der Waals surface area contributed by atoms with E-state index in [9.17, 15) is 18.8 Å². The van der Waals surface area contributed by atoms with Crippen molar-refractivity contribution in [2.75, 3.05) is 10.6 Å². The van der Waals surface area contributed by atoms with E-state index in [0.29, 0.717) is 16.5 Å². The average Bonchev–Trinajstić information content (AvgIpc) is 3.64. The zero-order valence-electron chi connectivity index (χ0n) is 18.8. The molecule has 1 aliphatic carbocycles. The van der Waals surface area contributed by atoms with Gasteiger partial charge in [-0.15, -0.1) is 0 Å². The van der Waals surface area contributed by atoms with Gasteiger partial charge in [0.1, 0.15) is 11.6 Å². The van der Waals surface area contributed by atoms with Gasteiger partial charge in [0.05, 0.1) is 28.2 Å². The van der Waals surface area contributed by atoms with Gasteiger partial charge in [0.2, 0.25) is 11.8 Å². The van der Waals surface area contributed by atoms with Crippen molar-refractivity contribution in [1.82, 2.24) is 9.55 Å². The monoisotopic (exact) mass is 502 g/mol.